The van der Waals surface area contributed by atoms with Crippen molar-refractivity contribution in [1.29, 1.82) is 0 Å². The largest absolute Gasteiger partial charge is 0.332 e. The van der Waals surface area contributed by atoms with E-state index in [0.717, 1.165) is 33.0 Å². The predicted molar refractivity (Wildman–Crippen MR) is 159 cm³/mol. The molecule has 0 bridgehead atoms. The molecule has 4 rings (SSSR count). The SMILES string of the molecule is Cc1ccc(NC(=S)Nc2cccc(SC(C(=O)Nc3cc([N+](=O)[O-])ccc3C)c3ccccc3)c2)cc1. The highest BCUT2D eigenvalue weighted by Gasteiger charge is 2.23. The normalized spacial score (nSPS) is 11.3. The van der Waals surface area contributed by atoms with Gasteiger partial charge in [-0.2, -0.15) is 0 Å². The second-order valence-corrected chi connectivity index (χ2v) is 10.2. The zero-order valence-electron chi connectivity index (χ0n) is 20.8. The van der Waals surface area contributed by atoms with Crippen LogP contribution in [0.4, 0.5) is 22.7 Å². The number of hydrogen-bond donors (Lipinski definition) is 3. The highest BCUT2D eigenvalue weighted by Crippen LogP contribution is 2.37. The van der Waals surface area contributed by atoms with Gasteiger partial charge in [-0.3, -0.25) is 14.9 Å². The maximum atomic E-state index is 13.5. The first-order valence-corrected chi connectivity index (χ1v) is 13.1. The monoisotopic (exact) mass is 542 g/mol. The Bertz CT molecular complexity index is 1460. The van der Waals surface area contributed by atoms with Gasteiger partial charge in [0, 0.05) is 28.4 Å². The van der Waals surface area contributed by atoms with Gasteiger partial charge in [-0.15, -0.1) is 11.8 Å². The number of thiocarbonyl (C=S) groups is 1. The molecule has 0 spiro atoms. The third kappa shape index (κ3) is 7.18. The number of anilines is 3. The van der Waals surface area contributed by atoms with Gasteiger partial charge in [-0.05, 0) is 67.5 Å². The number of thioether (sulfide) groups is 1. The number of non-ortho nitro benzene ring substituents is 1. The molecule has 9 heteroatoms. The molecule has 0 aromatic heterocycles. The molecule has 0 heterocycles. The smallest absolute Gasteiger partial charge is 0.271 e. The third-order valence-corrected chi connectivity index (χ3v) is 7.14. The molecule has 4 aromatic carbocycles. The minimum atomic E-state index is -0.595. The van der Waals surface area contributed by atoms with E-state index in [2.05, 4.69) is 16.0 Å². The summed E-state index contributed by atoms with van der Waals surface area (Å²) in [6.07, 6.45) is 0. The quantitative estimate of drug-likeness (QED) is 0.0918. The van der Waals surface area contributed by atoms with Crippen molar-refractivity contribution in [1.82, 2.24) is 0 Å². The van der Waals surface area contributed by atoms with Gasteiger partial charge < -0.3 is 16.0 Å². The summed E-state index contributed by atoms with van der Waals surface area (Å²) in [6.45, 7) is 3.82. The first kappa shape index (κ1) is 26.8. The molecule has 192 valence electrons. The molecule has 0 aliphatic heterocycles. The van der Waals surface area contributed by atoms with Crippen LogP contribution in [0.25, 0.3) is 0 Å². The number of aryl methyl sites for hydroxylation is 2. The van der Waals surface area contributed by atoms with Crippen molar-refractivity contribution in [3.63, 3.8) is 0 Å². The first-order chi connectivity index (χ1) is 18.3. The Morgan fingerprint density at radius 2 is 1.55 bits per heavy atom. The lowest BCUT2D eigenvalue weighted by Gasteiger charge is -2.18. The molecule has 4 aromatic rings. The van der Waals surface area contributed by atoms with Crippen LogP contribution in [0.2, 0.25) is 0 Å². The summed E-state index contributed by atoms with van der Waals surface area (Å²) < 4.78 is 0. The number of nitrogens with zero attached hydrogens (tertiary/aromatic N) is 1. The minimum absolute atomic E-state index is 0.0798. The Morgan fingerprint density at radius 1 is 0.842 bits per heavy atom. The summed E-state index contributed by atoms with van der Waals surface area (Å²) in [4.78, 5) is 25.1. The Kier molecular flexibility index (Phi) is 8.73. The summed E-state index contributed by atoms with van der Waals surface area (Å²) in [7, 11) is 0. The summed E-state index contributed by atoms with van der Waals surface area (Å²) >= 11 is 6.86. The van der Waals surface area contributed by atoms with Crippen LogP contribution in [0.15, 0.2) is 102 Å². The van der Waals surface area contributed by atoms with Crippen molar-refractivity contribution in [2.75, 3.05) is 16.0 Å². The Labute approximate surface area is 230 Å². The highest BCUT2D eigenvalue weighted by molar-refractivity contribution is 8.00. The van der Waals surface area contributed by atoms with E-state index in [1.165, 1.54) is 23.9 Å². The molecule has 0 fully saturated rings. The van der Waals surface area contributed by atoms with E-state index in [4.69, 9.17) is 12.2 Å². The van der Waals surface area contributed by atoms with E-state index in [9.17, 15) is 14.9 Å². The average Bonchev–Trinajstić information content (AvgIpc) is 2.90. The van der Waals surface area contributed by atoms with Crippen LogP contribution >= 0.6 is 24.0 Å². The van der Waals surface area contributed by atoms with Gasteiger partial charge in [-0.1, -0.05) is 60.2 Å². The molecule has 1 unspecified atom stereocenters. The molecule has 3 N–H and O–H groups in total. The number of hydrogen-bond acceptors (Lipinski definition) is 5. The zero-order valence-corrected chi connectivity index (χ0v) is 22.4. The van der Waals surface area contributed by atoms with Crippen LogP contribution in [-0.2, 0) is 4.79 Å². The lowest BCUT2D eigenvalue weighted by molar-refractivity contribution is -0.384. The molecule has 0 saturated heterocycles. The van der Waals surface area contributed by atoms with Gasteiger partial charge in [0.2, 0.25) is 5.91 Å². The molecule has 1 amide bonds. The van der Waals surface area contributed by atoms with Gasteiger partial charge in [0.05, 0.1) is 10.6 Å². The predicted octanol–water partition coefficient (Wildman–Crippen LogP) is 7.49. The van der Waals surface area contributed by atoms with Crippen LogP contribution in [0.3, 0.4) is 0 Å². The van der Waals surface area contributed by atoms with Crippen LogP contribution in [-0.4, -0.2) is 15.9 Å². The number of nitro benzene ring substituents is 1. The third-order valence-electron chi connectivity index (χ3n) is 5.69. The standard InChI is InChI=1S/C29H26N4O3S2/c1-19-11-14-22(15-12-19)30-29(37)31-23-9-6-10-25(17-23)38-27(21-7-4-3-5-8-21)28(34)32-26-18-24(33(35)36)16-13-20(26)2/h3-18,27H,1-2H3,(H,32,34)(H2,30,31,37). The summed E-state index contributed by atoms with van der Waals surface area (Å²) in [5.41, 5.74) is 4.71. The molecule has 7 nitrogen and oxygen atoms in total. The number of benzene rings is 4. The van der Waals surface area contributed by atoms with Crippen LogP contribution in [0, 0.1) is 24.0 Å². The average molecular weight is 543 g/mol. The number of carbonyl (C=O) groups excluding carboxylic acids is 1. The van der Waals surface area contributed by atoms with Gasteiger partial charge in [0.1, 0.15) is 5.25 Å². The molecular weight excluding hydrogens is 516 g/mol. The molecule has 38 heavy (non-hydrogen) atoms. The van der Waals surface area contributed by atoms with Crippen molar-refractivity contribution < 1.29 is 9.72 Å². The maximum absolute atomic E-state index is 13.5. The summed E-state index contributed by atoms with van der Waals surface area (Å²) in [5.74, 6) is -0.278. The van der Waals surface area contributed by atoms with Crippen LogP contribution in [0.1, 0.15) is 21.9 Å². The van der Waals surface area contributed by atoms with E-state index in [1.54, 1.807) is 13.0 Å². The van der Waals surface area contributed by atoms with Gasteiger partial charge in [-0.25, -0.2) is 0 Å². The van der Waals surface area contributed by atoms with E-state index in [1.807, 2.05) is 85.8 Å². The fourth-order valence-electron chi connectivity index (χ4n) is 3.67. The fraction of sp³-hybridized carbons (Fsp3) is 0.103. The molecule has 0 saturated carbocycles. The number of rotatable bonds is 8. The first-order valence-electron chi connectivity index (χ1n) is 11.8. The highest BCUT2D eigenvalue weighted by atomic mass is 32.2. The Hall–Kier alpha value is -4.21. The lowest BCUT2D eigenvalue weighted by atomic mass is 10.1. The van der Waals surface area contributed by atoms with E-state index >= 15 is 0 Å². The van der Waals surface area contributed by atoms with Gasteiger partial charge >= 0.3 is 0 Å². The van der Waals surface area contributed by atoms with E-state index in [0.29, 0.717) is 10.8 Å². The molecular formula is C29H26N4O3S2. The fourth-order valence-corrected chi connectivity index (χ4v) is 4.99. The van der Waals surface area contributed by atoms with Crippen LogP contribution < -0.4 is 16.0 Å². The summed E-state index contributed by atoms with van der Waals surface area (Å²) in [5, 5.41) is 20.4. The maximum Gasteiger partial charge on any atom is 0.271 e. The van der Waals surface area contributed by atoms with Crippen molar-refractivity contribution in [2.45, 2.75) is 24.0 Å². The Balaban J connectivity index is 1.52. The topological polar surface area (TPSA) is 96.3 Å². The number of amides is 1. The van der Waals surface area contributed by atoms with E-state index in [-0.39, 0.29) is 11.6 Å². The second-order valence-electron chi connectivity index (χ2n) is 8.63. The molecule has 1 atom stereocenters. The van der Waals surface area contributed by atoms with E-state index < -0.39 is 10.2 Å². The van der Waals surface area contributed by atoms with Crippen molar-refractivity contribution in [3.05, 3.63) is 124 Å². The molecule has 0 radical (unpaired) electrons. The number of nitro groups is 1. The molecule has 0 aliphatic carbocycles. The van der Waals surface area contributed by atoms with Crippen molar-refractivity contribution in [3.8, 4) is 0 Å². The van der Waals surface area contributed by atoms with Crippen molar-refractivity contribution in [2.24, 2.45) is 0 Å². The zero-order chi connectivity index (χ0) is 27.1. The number of carbonyl (C=O) groups is 1. The van der Waals surface area contributed by atoms with Crippen LogP contribution in [0.5, 0.6) is 0 Å². The minimum Gasteiger partial charge on any atom is -0.332 e. The van der Waals surface area contributed by atoms with Crippen molar-refractivity contribution >= 4 is 57.7 Å². The van der Waals surface area contributed by atoms with Gasteiger partial charge in [0.15, 0.2) is 5.11 Å². The number of nitrogens with one attached hydrogen (secondary N) is 3. The molecule has 0 aliphatic rings. The summed E-state index contributed by atoms with van der Waals surface area (Å²) in [6, 6.07) is 29.4. The lowest BCUT2D eigenvalue weighted by Crippen LogP contribution is -2.20. The Morgan fingerprint density at radius 3 is 2.26 bits per heavy atom. The van der Waals surface area contributed by atoms with Gasteiger partial charge in [0.25, 0.3) is 5.69 Å². The second kappa shape index (κ2) is 12.4.